The number of hydrogen-bond donors (Lipinski definition) is 3. The molecule has 0 spiro atoms. The van der Waals surface area contributed by atoms with Crippen molar-refractivity contribution in [2.75, 3.05) is 18.9 Å². The van der Waals surface area contributed by atoms with Gasteiger partial charge >= 0.3 is 0 Å². The number of phenols is 1. The Bertz CT molecular complexity index is 419. The predicted octanol–water partition coefficient (Wildman–Crippen LogP) is 0.458. The van der Waals surface area contributed by atoms with Crippen LogP contribution >= 0.6 is 0 Å². The fourth-order valence-corrected chi connectivity index (χ4v) is 1.15. The van der Waals surface area contributed by atoms with Crippen LogP contribution in [0.15, 0.2) is 18.2 Å². The van der Waals surface area contributed by atoms with Crippen molar-refractivity contribution in [1.82, 2.24) is 5.32 Å². The summed E-state index contributed by atoms with van der Waals surface area (Å²) < 4.78 is 0. The molecule has 16 heavy (non-hydrogen) atoms. The third kappa shape index (κ3) is 2.67. The Morgan fingerprint density at radius 3 is 2.81 bits per heavy atom. The van der Waals surface area contributed by atoms with Crippen LogP contribution in [0.4, 0.5) is 11.4 Å². The molecular formula is C9H11N3O4. The van der Waals surface area contributed by atoms with Crippen LogP contribution in [0.25, 0.3) is 0 Å². The van der Waals surface area contributed by atoms with Gasteiger partial charge in [0.1, 0.15) is 5.75 Å². The second kappa shape index (κ2) is 5.08. The van der Waals surface area contributed by atoms with Gasteiger partial charge < -0.3 is 15.7 Å². The Hall–Kier alpha value is -2.15. The number of hydrogen-bond acceptors (Lipinski definition) is 5. The van der Waals surface area contributed by atoms with Gasteiger partial charge in [0.2, 0.25) is 5.91 Å². The largest absolute Gasteiger partial charge is 0.505 e. The molecule has 0 heterocycles. The minimum atomic E-state index is -0.672. The monoisotopic (exact) mass is 225 g/mol. The van der Waals surface area contributed by atoms with Crippen LogP contribution in [0.1, 0.15) is 0 Å². The lowest BCUT2D eigenvalue weighted by atomic mass is 10.2. The van der Waals surface area contributed by atoms with E-state index in [9.17, 15) is 20.0 Å². The normalized spacial score (nSPS) is 9.81. The lowest BCUT2D eigenvalue weighted by molar-refractivity contribution is -0.384. The number of phenolic OH excluding ortho intramolecular Hbond substituents is 1. The fraction of sp³-hybridized carbons (Fsp3) is 0.222. The van der Waals surface area contributed by atoms with E-state index < -0.39 is 10.8 Å². The number of para-hydroxylation sites is 1. The molecule has 3 N–H and O–H groups in total. The van der Waals surface area contributed by atoms with Crippen molar-refractivity contribution in [3.63, 3.8) is 0 Å². The zero-order valence-corrected chi connectivity index (χ0v) is 8.56. The summed E-state index contributed by atoms with van der Waals surface area (Å²) in [6.07, 6.45) is 0. The summed E-state index contributed by atoms with van der Waals surface area (Å²) in [4.78, 5) is 21.2. The van der Waals surface area contributed by atoms with E-state index in [0.29, 0.717) is 0 Å². The van der Waals surface area contributed by atoms with Gasteiger partial charge in [0.25, 0.3) is 5.69 Å². The molecule has 0 fully saturated rings. The minimum absolute atomic E-state index is 0.00545. The fourth-order valence-electron chi connectivity index (χ4n) is 1.15. The highest BCUT2D eigenvalue weighted by Gasteiger charge is 2.18. The summed E-state index contributed by atoms with van der Waals surface area (Å²) in [6, 6.07) is 3.80. The highest BCUT2D eigenvalue weighted by atomic mass is 16.6. The van der Waals surface area contributed by atoms with E-state index in [-0.39, 0.29) is 23.7 Å². The molecule has 0 aromatic heterocycles. The van der Waals surface area contributed by atoms with Gasteiger partial charge in [0, 0.05) is 6.07 Å². The molecule has 1 aromatic carbocycles. The lowest BCUT2D eigenvalue weighted by Crippen LogP contribution is -2.25. The second-order valence-electron chi connectivity index (χ2n) is 3.01. The maximum atomic E-state index is 11.2. The van der Waals surface area contributed by atoms with Crippen molar-refractivity contribution in [3.8, 4) is 5.75 Å². The molecule has 7 heteroatoms. The lowest BCUT2D eigenvalue weighted by Gasteiger charge is -2.07. The van der Waals surface area contributed by atoms with Crippen molar-refractivity contribution in [2.45, 2.75) is 0 Å². The van der Waals surface area contributed by atoms with Crippen LogP contribution < -0.4 is 10.6 Å². The van der Waals surface area contributed by atoms with E-state index in [1.165, 1.54) is 18.2 Å². The molecule has 0 bridgehead atoms. The molecule has 0 atom stereocenters. The molecule has 86 valence electrons. The van der Waals surface area contributed by atoms with Gasteiger partial charge in [-0.1, -0.05) is 6.07 Å². The number of likely N-dealkylation sites (N-methyl/N-ethyl adjacent to an activating group) is 1. The van der Waals surface area contributed by atoms with Gasteiger partial charge in [-0.3, -0.25) is 14.9 Å². The Kier molecular flexibility index (Phi) is 3.78. The number of aromatic hydroxyl groups is 1. The summed E-state index contributed by atoms with van der Waals surface area (Å²) in [5.41, 5.74) is -0.530. The maximum Gasteiger partial charge on any atom is 0.296 e. The summed E-state index contributed by atoms with van der Waals surface area (Å²) in [7, 11) is 1.57. The molecule has 1 rings (SSSR count). The molecule has 0 unspecified atom stereocenters. The molecule has 0 saturated carbocycles. The SMILES string of the molecule is CNCC(=O)Nc1c(O)cccc1[N+](=O)[O-]. The van der Waals surface area contributed by atoms with Crippen molar-refractivity contribution in [2.24, 2.45) is 0 Å². The zero-order valence-electron chi connectivity index (χ0n) is 8.56. The van der Waals surface area contributed by atoms with E-state index in [0.717, 1.165) is 0 Å². The molecule has 0 aliphatic carbocycles. The first-order valence-electron chi connectivity index (χ1n) is 4.47. The first-order valence-corrected chi connectivity index (χ1v) is 4.47. The molecule has 7 nitrogen and oxygen atoms in total. The average molecular weight is 225 g/mol. The number of nitro groups is 1. The molecule has 0 saturated heterocycles. The zero-order chi connectivity index (χ0) is 12.1. The number of carbonyl (C=O) groups is 1. The van der Waals surface area contributed by atoms with Gasteiger partial charge in [-0.25, -0.2) is 0 Å². The smallest absolute Gasteiger partial charge is 0.296 e. The van der Waals surface area contributed by atoms with Crippen molar-refractivity contribution >= 4 is 17.3 Å². The summed E-state index contributed by atoms with van der Waals surface area (Å²) in [6.45, 7) is 0.00545. The van der Waals surface area contributed by atoms with Crippen LogP contribution in [0, 0.1) is 10.1 Å². The van der Waals surface area contributed by atoms with Crippen LogP contribution in [-0.2, 0) is 4.79 Å². The first-order chi connectivity index (χ1) is 7.56. The number of benzene rings is 1. The summed E-state index contributed by atoms with van der Waals surface area (Å²) >= 11 is 0. The Balaban J connectivity index is 3.01. The number of amides is 1. The topological polar surface area (TPSA) is 104 Å². The Morgan fingerprint density at radius 2 is 2.25 bits per heavy atom. The van der Waals surface area contributed by atoms with Crippen molar-refractivity contribution in [3.05, 3.63) is 28.3 Å². The van der Waals surface area contributed by atoms with Crippen LogP contribution in [0.3, 0.4) is 0 Å². The molecular weight excluding hydrogens is 214 g/mol. The molecule has 0 radical (unpaired) electrons. The number of nitro benzene ring substituents is 1. The summed E-state index contributed by atoms with van der Waals surface area (Å²) in [5.74, 6) is -0.800. The average Bonchev–Trinajstić information content (AvgIpc) is 2.21. The van der Waals surface area contributed by atoms with E-state index in [4.69, 9.17) is 0 Å². The minimum Gasteiger partial charge on any atom is -0.505 e. The summed E-state index contributed by atoms with van der Waals surface area (Å²) in [5, 5.41) is 24.9. The molecule has 1 amide bonds. The van der Waals surface area contributed by atoms with Crippen LogP contribution in [-0.4, -0.2) is 29.5 Å². The highest BCUT2D eigenvalue weighted by molar-refractivity contribution is 5.96. The number of rotatable bonds is 4. The van der Waals surface area contributed by atoms with E-state index in [1.54, 1.807) is 7.05 Å². The number of carbonyl (C=O) groups excluding carboxylic acids is 1. The van der Waals surface area contributed by atoms with Gasteiger partial charge in [0.05, 0.1) is 11.5 Å². The number of nitrogens with one attached hydrogen (secondary N) is 2. The van der Waals surface area contributed by atoms with Gasteiger partial charge in [-0.05, 0) is 13.1 Å². The quantitative estimate of drug-likeness (QED) is 0.392. The Morgan fingerprint density at radius 1 is 1.56 bits per heavy atom. The van der Waals surface area contributed by atoms with Crippen molar-refractivity contribution in [1.29, 1.82) is 0 Å². The molecule has 1 aromatic rings. The molecule has 0 aliphatic heterocycles. The standard InChI is InChI=1S/C9H11N3O4/c1-10-5-8(14)11-9-6(12(15)16)3-2-4-7(9)13/h2-4,10,13H,5H2,1H3,(H,11,14). The van der Waals surface area contributed by atoms with Crippen LogP contribution in [0.2, 0.25) is 0 Å². The molecule has 0 aliphatic rings. The third-order valence-corrected chi connectivity index (χ3v) is 1.82. The van der Waals surface area contributed by atoms with Crippen LogP contribution in [0.5, 0.6) is 5.75 Å². The Labute approximate surface area is 91.2 Å². The van der Waals surface area contributed by atoms with Gasteiger partial charge in [-0.2, -0.15) is 0 Å². The van der Waals surface area contributed by atoms with Crippen molar-refractivity contribution < 1.29 is 14.8 Å². The predicted molar refractivity (Wildman–Crippen MR) is 57.3 cm³/mol. The van der Waals surface area contributed by atoms with E-state index in [1.807, 2.05) is 0 Å². The second-order valence-corrected chi connectivity index (χ2v) is 3.01. The van der Waals surface area contributed by atoms with Gasteiger partial charge in [-0.15, -0.1) is 0 Å². The highest BCUT2D eigenvalue weighted by Crippen LogP contribution is 2.32. The van der Waals surface area contributed by atoms with E-state index >= 15 is 0 Å². The maximum absolute atomic E-state index is 11.2. The van der Waals surface area contributed by atoms with Gasteiger partial charge in [0.15, 0.2) is 5.69 Å². The third-order valence-electron chi connectivity index (χ3n) is 1.82. The number of anilines is 1. The van der Waals surface area contributed by atoms with E-state index in [2.05, 4.69) is 10.6 Å². The number of nitrogens with zero attached hydrogens (tertiary/aromatic N) is 1. The first kappa shape index (κ1) is 11.9.